The van der Waals surface area contributed by atoms with Crippen molar-refractivity contribution >= 4 is 5.69 Å². The predicted molar refractivity (Wildman–Crippen MR) is 88.3 cm³/mol. The third-order valence-corrected chi connectivity index (χ3v) is 3.40. The molecule has 3 N–H and O–H groups in total. The highest BCUT2D eigenvalue weighted by Crippen LogP contribution is 2.20. The summed E-state index contributed by atoms with van der Waals surface area (Å²) in [7, 11) is 0. The maximum Gasteiger partial charge on any atom is 0.122 e. The van der Waals surface area contributed by atoms with E-state index in [1.807, 2.05) is 43.3 Å². The average Bonchev–Trinajstić information content (AvgIpc) is 2.52. The highest BCUT2D eigenvalue weighted by molar-refractivity contribution is 5.46. The van der Waals surface area contributed by atoms with Gasteiger partial charge in [-0.3, -0.25) is 0 Å². The van der Waals surface area contributed by atoms with Crippen LogP contribution in [0.15, 0.2) is 42.5 Å². The number of aliphatic hydroxyl groups excluding tert-OH is 2. The Hall–Kier alpha value is -2.04. The summed E-state index contributed by atoms with van der Waals surface area (Å²) in [6.07, 6.45) is -0.755. The Bertz CT molecular complexity index is 613. The first-order chi connectivity index (χ1) is 10.6. The Morgan fingerprint density at radius 3 is 2.68 bits per heavy atom. The van der Waals surface area contributed by atoms with Gasteiger partial charge in [-0.05, 0) is 43.2 Å². The van der Waals surface area contributed by atoms with Crippen molar-refractivity contribution in [2.24, 2.45) is 0 Å². The molecule has 0 heterocycles. The molecule has 0 aliphatic carbocycles. The van der Waals surface area contributed by atoms with Crippen LogP contribution in [0.4, 0.5) is 5.69 Å². The molecule has 118 valence electrons. The minimum atomic E-state index is -0.755. The summed E-state index contributed by atoms with van der Waals surface area (Å²) in [6.45, 7) is 4.66. The number of nitrogens with one attached hydrogen (secondary N) is 1. The summed E-state index contributed by atoms with van der Waals surface area (Å²) in [4.78, 5) is 0. The zero-order chi connectivity index (χ0) is 15.9. The van der Waals surface area contributed by atoms with Crippen molar-refractivity contribution in [3.8, 4) is 5.75 Å². The van der Waals surface area contributed by atoms with Gasteiger partial charge in [0, 0.05) is 12.2 Å². The fourth-order valence-corrected chi connectivity index (χ4v) is 2.19. The zero-order valence-corrected chi connectivity index (χ0v) is 13.0. The molecule has 0 aliphatic rings. The lowest BCUT2D eigenvalue weighted by Crippen LogP contribution is -2.22. The van der Waals surface area contributed by atoms with E-state index in [1.165, 1.54) is 5.56 Å². The molecule has 0 saturated heterocycles. The number of rotatable bonds is 7. The van der Waals surface area contributed by atoms with Gasteiger partial charge in [-0.25, -0.2) is 0 Å². The quantitative estimate of drug-likeness (QED) is 0.736. The van der Waals surface area contributed by atoms with E-state index in [4.69, 9.17) is 9.84 Å². The van der Waals surface area contributed by atoms with E-state index in [0.717, 1.165) is 22.6 Å². The van der Waals surface area contributed by atoms with E-state index in [0.29, 0.717) is 13.2 Å². The van der Waals surface area contributed by atoms with Gasteiger partial charge in [-0.15, -0.1) is 0 Å². The molecule has 4 nitrogen and oxygen atoms in total. The van der Waals surface area contributed by atoms with Gasteiger partial charge in [0.1, 0.15) is 12.4 Å². The first kappa shape index (κ1) is 16.3. The van der Waals surface area contributed by atoms with E-state index in [9.17, 15) is 5.11 Å². The Labute approximate surface area is 131 Å². The Morgan fingerprint density at radius 2 is 1.95 bits per heavy atom. The predicted octanol–water partition coefficient (Wildman–Crippen LogP) is 2.65. The lowest BCUT2D eigenvalue weighted by atomic mass is 10.1. The van der Waals surface area contributed by atoms with Crippen molar-refractivity contribution < 1.29 is 14.9 Å². The van der Waals surface area contributed by atoms with E-state index in [-0.39, 0.29) is 6.61 Å². The fraction of sp³-hybridized carbons (Fsp3) is 0.333. The van der Waals surface area contributed by atoms with Crippen LogP contribution in [0.25, 0.3) is 0 Å². The molecule has 1 unspecified atom stereocenters. The molecule has 2 aromatic rings. The third-order valence-electron chi connectivity index (χ3n) is 3.40. The summed E-state index contributed by atoms with van der Waals surface area (Å²) < 4.78 is 5.86. The van der Waals surface area contributed by atoms with Gasteiger partial charge in [-0.1, -0.05) is 29.8 Å². The molecule has 2 rings (SSSR count). The molecule has 22 heavy (non-hydrogen) atoms. The van der Waals surface area contributed by atoms with Gasteiger partial charge in [0.25, 0.3) is 0 Å². The van der Waals surface area contributed by atoms with Crippen molar-refractivity contribution in [1.82, 2.24) is 0 Å². The molecule has 2 aromatic carbocycles. The van der Waals surface area contributed by atoms with Crippen LogP contribution in [0.2, 0.25) is 0 Å². The molecule has 0 radical (unpaired) electrons. The third kappa shape index (κ3) is 4.76. The SMILES string of the molecule is Cc1ccc(OCc2cccc(NCC(O)CO)c2)c(C)c1. The number of anilines is 1. The van der Waals surface area contributed by atoms with Crippen LogP contribution in [0.3, 0.4) is 0 Å². The van der Waals surface area contributed by atoms with Crippen LogP contribution in [0.5, 0.6) is 5.75 Å². The first-order valence-electron chi connectivity index (χ1n) is 7.40. The van der Waals surface area contributed by atoms with Crippen molar-refractivity contribution in [2.45, 2.75) is 26.6 Å². The maximum absolute atomic E-state index is 9.36. The van der Waals surface area contributed by atoms with Crippen LogP contribution in [0.1, 0.15) is 16.7 Å². The second kappa shape index (κ2) is 7.82. The lowest BCUT2D eigenvalue weighted by Gasteiger charge is -2.13. The molecular weight excluding hydrogens is 278 g/mol. The van der Waals surface area contributed by atoms with Gasteiger partial charge in [0.2, 0.25) is 0 Å². The van der Waals surface area contributed by atoms with Gasteiger partial charge in [0.15, 0.2) is 0 Å². The molecule has 0 bridgehead atoms. The van der Waals surface area contributed by atoms with E-state index in [2.05, 4.69) is 18.3 Å². The van der Waals surface area contributed by atoms with Gasteiger partial charge < -0.3 is 20.3 Å². The molecule has 0 amide bonds. The van der Waals surface area contributed by atoms with Crippen LogP contribution >= 0.6 is 0 Å². The number of aryl methyl sites for hydroxylation is 2. The molecular formula is C18H23NO3. The molecule has 0 aromatic heterocycles. The molecule has 0 fully saturated rings. The van der Waals surface area contributed by atoms with E-state index in [1.54, 1.807) is 0 Å². The normalized spacial score (nSPS) is 12.0. The van der Waals surface area contributed by atoms with E-state index < -0.39 is 6.10 Å². The summed E-state index contributed by atoms with van der Waals surface area (Å²) in [5, 5.41) is 21.3. The van der Waals surface area contributed by atoms with Crippen LogP contribution in [-0.2, 0) is 6.61 Å². The van der Waals surface area contributed by atoms with Crippen LogP contribution in [0, 0.1) is 13.8 Å². The lowest BCUT2D eigenvalue weighted by molar-refractivity contribution is 0.105. The number of benzene rings is 2. The standard InChI is InChI=1S/C18H23NO3/c1-13-6-7-18(14(2)8-13)22-12-15-4-3-5-16(9-15)19-10-17(21)11-20/h3-9,17,19-21H,10-12H2,1-2H3. The second-order valence-electron chi connectivity index (χ2n) is 5.48. The highest BCUT2D eigenvalue weighted by atomic mass is 16.5. The maximum atomic E-state index is 9.36. The number of hydrogen-bond acceptors (Lipinski definition) is 4. The summed E-state index contributed by atoms with van der Waals surface area (Å²) in [6, 6.07) is 14.0. The number of ether oxygens (including phenoxy) is 1. The summed E-state index contributed by atoms with van der Waals surface area (Å²) in [5.74, 6) is 0.889. The van der Waals surface area contributed by atoms with Crippen molar-refractivity contribution in [3.05, 3.63) is 59.2 Å². The minimum absolute atomic E-state index is 0.248. The Kier molecular flexibility index (Phi) is 5.81. The average molecular weight is 301 g/mol. The summed E-state index contributed by atoms with van der Waals surface area (Å²) in [5.41, 5.74) is 4.29. The smallest absolute Gasteiger partial charge is 0.122 e. The van der Waals surface area contributed by atoms with Crippen molar-refractivity contribution in [2.75, 3.05) is 18.5 Å². The molecule has 0 aliphatic heterocycles. The minimum Gasteiger partial charge on any atom is -0.489 e. The monoisotopic (exact) mass is 301 g/mol. The van der Waals surface area contributed by atoms with Crippen molar-refractivity contribution in [1.29, 1.82) is 0 Å². The zero-order valence-electron chi connectivity index (χ0n) is 13.0. The number of hydrogen-bond donors (Lipinski definition) is 3. The van der Waals surface area contributed by atoms with E-state index >= 15 is 0 Å². The Morgan fingerprint density at radius 1 is 1.14 bits per heavy atom. The van der Waals surface area contributed by atoms with Crippen LogP contribution in [-0.4, -0.2) is 29.5 Å². The highest BCUT2D eigenvalue weighted by Gasteiger charge is 2.03. The van der Waals surface area contributed by atoms with Crippen LogP contribution < -0.4 is 10.1 Å². The largest absolute Gasteiger partial charge is 0.489 e. The molecule has 1 atom stereocenters. The first-order valence-corrected chi connectivity index (χ1v) is 7.40. The number of aliphatic hydroxyl groups is 2. The second-order valence-corrected chi connectivity index (χ2v) is 5.48. The fourth-order valence-electron chi connectivity index (χ4n) is 2.19. The molecule has 0 saturated carbocycles. The molecule has 4 heteroatoms. The molecule has 0 spiro atoms. The van der Waals surface area contributed by atoms with Crippen molar-refractivity contribution in [3.63, 3.8) is 0 Å². The summed E-state index contributed by atoms with van der Waals surface area (Å²) >= 11 is 0. The topological polar surface area (TPSA) is 61.7 Å². The van der Waals surface area contributed by atoms with Gasteiger partial charge in [-0.2, -0.15) is 0 Å². The Balaban J connectivity index is 1.95. The van der Waals surface area contributed by atoms with Gasteiger partial charge >= 0.3 is 0 Å². The van der Waals surface area contributed by atoms with Gasteiger partial charge in [0.05, 0.1) is 12.7 Å².